The fourth-order valence-electron chi connectivity index (χ4n) is 1.93. The van der Waals surface area contributed by atoms with E-state index in [1.807, 2.05) is 0 Å². The number of hydrogen-bond acceptors (Lipinski definition) is 3. The number of rotatable bonds is 6. The molecule has 0 saturated carbocycles. The molecule has 120 valence electrons. The molecule has 4 nitrogen and oxygen atoms in total. The second-order valence-corrected chi connectivity index (χ2v) is 7.69. The SMILES string of the molecule is CCC(O)(CC)CNS(=O)(=O)c1c(C)c(Cl)cc(C)c1Cl. The number of aryl methyl sites for hydroxylation is 1. The second kappa shape index (κ2) is 6.84. The summed E-state index contributed by atoms with van der Waals surface area (Å²) >= 11 is 12.2. The van der Waals surface area contributed by atoms with Crippen LogP contribution in [0.2, 0.25) is 10.0 Å². The molecule has 1 rings (SSSR count). The summed E-state index contributed by atoms with van der Waals surface area (Å²) in [5.74, 6) is 0. The average molecular weight is 354 g/mol. The van der Waals surface area contributed by atoms with Gasteiger partial charge in [0.05, 0.1) is 10.6 Å². The number of hydrogen-bond donors (Lipinski definition) is 2. The maximum absolute atomic E-state index is 12.5. The number of sulfonamides is 1. The zero-order valence-corrected chi connectivity index (χ0v) is 15.0. The zero-order valence-electron chi connectivity index (χ0n) is 12.6. The maximum atomic E-state index is 12.5. The summed E-state index contributed by atoms with van der Waals surface area (Å²) in [6.07, 6.45) is 0.903. The first-order chi connectivity index (χ1) is 9.58. The monoisotopic (exact) mass is 353 g/mol. The topological polar surface area (TPSA) is 66.4 Å². The highest BCUT2D eigenvalue weighted by molar-refractivity contribution is 7.89. The third-order valence-corrected chi connectivity index (χ3v) is 6.33. The number of aliphatic hydroxyl groups is 1. The van der Waals surface area contributed by atoms with Crippen molar-refractivity contribution in [2.24, 2.45) is 0 Å². The molecular formula is C14H21Cl2NO3S. The van der Waals surface area contributed by atoms with Gasteiger partial charge in [0.15, 0.2) is 0 Å². The summed E-state index contributed by atoms with van der Waals surface area (Å²) in [4.78, 5) is -0.0243. The Morgan fingerprint density at radius 2 is 1.76 bits per heavy atom. The lowest BCUT2D eigenvalue weighted by atomic mass is 9.98. The molecule has 0 aliphatic rings. The van der Waals surface area contributed by atoms with Gasteiger partial charge in [-0.3, -0.25) is 0 Å². The lowest BCUT2D eigenvalue weighted by molar-refractivity contribution is 0.0377. The first-order valence-electron chi connectivity index (χ1n) is 6.75. The molecule has 0 atom stereocenters. The van der Waals surface area contributed by atoms with Gasteiger partial charge in [0.1, 0.15) is 4.90 Å². The normalized spacial score (nSPS) is 12.7. The van der Waals surface area contributed by atoms with E-state index in [4.69, 9.17) is 23.2 Å². The Kier molecular flexibility index (Phi) is 6.09. The first-order valence-corrected chi connectivity index (χ1v) is 8.99. The minimum absolute atomic E-state index is 0.0243. The molecular weight excluding hydrogens is 333 g/mol. The Bertz CT molecular complexity index is 599. The van der Waals surface area contributed by atoms with Crippen LogP contribution in [-0.4, -0.2) is 25.7 Å². The van der Waals surface area contributed by atoms with E-state index in [-0.39, 0.29) is 16.5 Å². The van der Waals surface area contributed by atoms with Crippen molar-refractivity contribution in [2.45, 2.75) is 51.0 Å². The van der Waals surface area contributed by atoms with E-state index in [9.17, 15) is 13.5 Å². The molecule has 0 aliphatic heterocycles. The fourth-order valence-corrected chi connectivity index (χ4v) is 4.26. The summed E-state index contributed by atoms with van der Waals surface area (Å²) in [6.45, 7) is 6.85. The molecule has 2 N–H and O–H groups in total. The molecule has 0 unspecified atom stereocenters. The van der Waals surface area contributed by atoms with Gasteiger partial charge in [-0.1, -0.05) is 37.0 Å². The van der Waals surface area contributed by atoms with E-state index < -0.39 is 15.6 Å². The van der Waals surface area contributed by atoms with Crippen LogP contribution in [0.5, 0.6) is 0 Å². The highest BCUT2D eigenvalue weighted by Crippen LogP contribution is 2.33. The second-order valence-electron chi connectivity index (χ2n) is 5.20. The largest absolute Gasteiger partial charge is 0.389 e. The summed E-state index contributed by atoms with van der Waals surface area (Å²) in [5.41, 5.74) is -0.0775. The molecule has 0 saturated heterocycles. The van der Waals surface area contributed by atoms with Crippen LogP contribution < -0.4 is 4.72 Å². The van der Waals surface area contributed by atoms with Crippen LogP contribution in [0.3, 0.4) is 0 Å². The van der Waals surface area contributed by atoms with Gasteiger partial charge in [0.25, 0.3) is 0 Å². The van der Waals surface area contributed by atoms with Gasteiger partial charge in [-0.05, 0) is 43.9 Å². The summed E-state index contributed by atoms with van der Waals surface area (Å²) < 4.78 is 27.4. The minimum atomic E-state index is -3.85. The van der Waals surface area contributed by atoms with Crippen LogP contribution in [0.15, 0.2) is 11.0 Å². The Balaban J connectivity index is 3.21. The molecule has 0 aromatic heterocycles. The van der Waals surface area contributed by atoms with Crippen LogP contribution in [0.4, 0.5) is 0 Å². The number of benzene rings is 1. The lowest BCUT2D eigenvalue weighted by Gasteiger charge is -2.25. The Labute approximate surface area is 136 Å². The maximum Gasteiger partial charge on any atom is 0.242 e. The quantitative estimate of drug-likeness (QED) is 0.822. The van der Waals surface area contributed by atoms with Crippen LogP contribution in [0.1, 0.15) is 37.8 Å². The molecule has 21 heavy (non-hydrogen) atoms. The minimum Gasteiger partial charge on any atom is -0.389 e. The highest BCUT2D eigenvalue weighted by atomic mass is 35.5. The Hall–Kier alpha value is -0.330. The van der Waals surface area contributed by atoms with Crippen molar-refractivity contribution < 1.29 is 13.5 Å². The van der Waals surface area contributed by atoms with Crippen LogP contribution in [0, 0.1) is 13.8 Å². The number of nitrogens with one attached hydrogen (secondary N) is 1. The highest BCUT2D eigenvalue weighted by Gasteiger charge is 2.28. The molecule has 7 heteroatoms. The van der Waals surface area contributed by atoms with Crippen LogP contribution in [0.25, 0.3) is 0 Å². The molecule has 0 bridgehead atoms. The predicted octanol–water partition coefficient (Wildman–Crippen LogP) is 3.44. The molecule has 0 fully saturated rings. The van der Waals surface area contributed by atoms with Crippen molar-refractivity contribution in [1.29, 1.82) is 0 Å². The molecule has 0 aliphatic carbocycles. The summed E-state index contributed by atoms with van der Waals surface area (Å²) in [7, 11) is -3.85. The average Bonchev–Trinajstić information content (AvgIpc) is 2.43. The predicted molar refractivity (Wildman–Crippen MR) is 86.7 cm³/mol. The van der Waals surface area contributed by atoms with E-state index in [0.29, 0.717) is 29.0 Å². The van der Waals surface area contributed by atoms with Gasteiger partial charge in [-0.25, -0.2) is 13.1 Å². The molecule has 0 heterocycles. The molecule has 1 aromatic carbocycles. The fraction of sp³-hybridized carbons (Fsp3) is 0.571. The van der Waals surface area contributed by atoms with Gasteiger partial charge in [-0.15, -0.1) is 0 Å². The van der Waals surface area contributed by atoms with Crippen molar-refractivity contribution in [3.05, 3.63) is 27.2 Å². The lowest BCUT2D eigenvalue weighted by Crippen LogP contribution is -2.42. The Morgan fingerprint density at radius 1 is 1.24 bits per heavy atom. The van der Waals surface area contributed by atoms with Gasteiger partial charge in [0, 0.05) is 11.6 Å². The smallest absolute Gasteiger partial charge is 0.242 e. The Morgan fingerprint density at radius 3 is 2.24 bits per heavy atom. The van der Waals surface area contributed by atoms with Gasteiger partial charge in [0.2, 0.25) is 10.0 Å². The van der Waals surface area contributed by atoms with Crippen molar-refractivity contribution in [2.75, 3.05) is 6.54 Å². The zero-order chi connectivity index (χ0) is 16.4. The van der Waals surface area contributed by atoms with E-state index in [1.165, 1.54) is 0 Å². The first kappa shape index (κ1) is 18.7. The van der Waals surface area contributed by atoms with E-state index in [2.05, 4.69) is 4.72 Å². The van der Waals surface area contributed by atoms with Gasteiger partial charge < -0.3 is 5.11 Å². The van der Waals surface area contributed by atoms with Crippen molar-refractivity contribution in [3.63, 3.8) is 0 Å². The molecule has 0 amide bonds. The van der Waals surface area contributed by atoms with Gasteiger partial charge >= 0.3 is 0 Å². The van der Waals surface area contributed by atoms with Crippen molar-refractivity contribution >= 4 is 33.2 Å². The van der Waals surface area contributed by atoms with Crippen LogP contribution in [-0.2, 0) is 10.0 Å². The third kappa shape index (κ3) is 4.11. The number of halogens is 2. The molecule has 0 spiro atoms. The van der Waals surface area contributed by atoms with Crippen molar-refractivity contribution in [1.82, 2.24) is 4.72 Å². The van der Waals surface area contributed by atoms with E-state index >= 15 is 0 Å². The van der Waals surface area contributed by atoms with E-state index in [1.54, 1.807) is 33.8 Å². The molecule has 0 radical (unpaired) electrons. The third-order valence-electron chi connectivity index (χ3n) is 3.76. The summed E-state index contributed by atoms with van der Waals surface area (Å²) in [6, 6.07) is 1.63. The summed E-state index contributed by atoms with van der Waals surface area (Å²) in [5, 5.41) is 10.7. The van der Waals surface area contributed by atoms with Crippen molar-refractivity contribution in [3.8, 4) is 0 Å². The van der Waals surface area contributed by atoms with Crippen LogP contribution >= 0.6 is 23.2 Å². The van der Waals surface area contributed by atoms with Gasteiger partial charge in [-0.2, -0.15) is 0 Å². The standard InChI is InChI=1S/C14H21Cl2NO3S/c1-5-14(18,6-2)8-17-21(19,20)13-10(4)11(15)7-9(3)12(13)16/h7,17-18H,5-6,8H2,1-4H3. The van der Waals surface area contributed by atoms with E-state index in [0.717, 1.165) is 0 Å². The molecule has 1 aromatic rings.